The van der Waals surface area contributed by atoms with Gasteiger partial charge in [-0.25, -0.2) is 9.97 Å². The van der Waals surface area contributed by atoms with Gasteiger partial charge in [-0.05, 0) is 12.5 Å². The highest BCUT2D eigenvalue weighted by molar-refractivity contribution is 7.99. The molecular formula is C15H11N3S2. The van der Waals surface area contributed by atoms with E-state index in [0.29, 0.717) is 5.75 Å². The normalized spacial score (nSPS) is 10.6. The third-order valence-corrected chi connectivity index (χ3v) is 4.84. The van der Waals surface area contributed by atoms with E-state index < -0.39 is 0 Å². The number of aryl methyl sites for hydroxylation is 1. The minimum atomic E-state index is 0.398. The van der Waals surface area contributed by atoms with Crippen LogP contribution < -0.4 is 0 Å². The summed E-state index contributed by atoms with van der Waals surface area (Å²) in [5.74, 6) is 0.398. The first kappa shape index (κ1) is 13.1. The maximum atomic E-state index is 8.78. The zero-order chi connectivity index (χ0) is 13.9. The first-order chi connectivity index (χ1) is 9.81. The Morgan fingerprint density at radius 3 is 2.80 bits per heavy atom. The molecule has 3 aromatic rings. The van der Waals surface area contributed by atoms with Gasteiger partial charge in [0.1, 0.15) is 16.2 Å². The SMILES string of the molecule is Cc1sc2ncnc(SCC#N)c2c1-c1ccccc1. The molecule has 0 fully saturated rings. The van der Waals surface area contributed by atoms with E-state index in [4.69, 9.17) is 5.26 Å². The lowest BCUT2D eigenvalue weighted by Gasteiger charge is -2.04. The fourth-order valence-electron chi connectivity index (χ4n) is 2.18. The van der Waals surface area contributed by atoms with Gasteiger partial charge in [0.05, 0.1) is 17.2 Å². The van der Waals surface area contributed by atoms with E-state index >= 15 is 0 Å². The van der Waals surface area contributed by atoms with Crippen molar-refractivity contribution in [1.29, 1.82) is 5.26 Å². The van der Waals surface area contributed by atoms with Crippen LogP contribution >= 0.6 is 23.1 Å². The zero-order valence-electron chi connectivity index (χ0n) is 10.8. The fourth-order valence-corrected chi connectivity index (χ4v) is 3.92. The first-order valence-corrected chi connectivity index (χ1v) is 7.90. The molecule has 0 aliphatic heterocycles. The Morgan fingerprint density at radius 1 is 1.25 bits per heavy atom. The van der Waals surface area contributed by atoms with E-state index in [1.54, 1.807) is 17.7 Å². The maximum Gasteiger partial charge on any atom is 0.128 e. The van der Waals surface area contributed by atoms with E-state index in [-0.39, 0.29) is 0 Å². The van der Waals surface area contributed by atoms with Crippen LogP contribution in [0.3, 0.4) is 0 Å². The molecule has 3 rings (SSSR count). The van der Waals surface area contributed by atoms with Crippen molar-refractivity contribution in [2.45, 2.75) is 11.9 Å². The number of thiophene rings is 1. The average Bonchev–Trinajstić information content (AvgIpc) is 2.82. The summed E-state index contributed by atoms with van der Waals surface area (Å²) in [6.45, 7) is 2.10. The van der Waals surface area contributed by atoms with E-state index in [2.05, 4.69) is 35.1 Å². The Morgan fingerprint density at radius 2 is 2.05 bits per heavy atom. The Hall–Kier alpha value is -1.90. The highest BCUT2D eigenvalue weighted by Crippen LogP contribution is 2.40. The molecule has 0 unspecified atom stereocenters. The standard InChI is InChI=1S/C15H11N3S2/c1-10-12(11-5-3-2-4-6-11)13-14(19-8-7-16)17-9-18-15(13)20-10/h2-6,9H,8H2,1H3. The second kappa shape index (κ2) is 5.61. The molecule has 0 spiro atoms. The van der Waals surface area contributed by atoms with Crippen molar-refractivity contribution in [2.75, 3.05) is 5.75 Å². The smallest absolute Gasteiger partial charge is 0.128 e. The second-order valence-corrected chi connectivity index (χ2v) is 6.37. The molecule has 0 atom stereocenters. The zero-order valence-corrected chi connectivity index (χ0v) is 12.5. The monoisotopic (exact) mass is 297 g/mol. The van der Waals surface area contributed by atoms with Gasteiger partial charge in [0, 0.05) is 10.4 Å². The molecule has 0 saturated heterocycles. The highest BCUT2D eigenvalue weighted by atomic mass is 32.2. The first-order valence-electron chi connectivity index (χ1n) is 6.10. The number of hydrogen-bond donors (Lipinski definition) is 0. The van der Waals surface area contributed by atoms with Crippen molar-refractivity contribution < 1.29 is 0 Å². The van der Waals surface area contributed by atoms with Gasteiger partial charge in [0.15, 0.2) is 0 Å². The van der Waals surface area contributed by atoms with Crippen LogP contribution in [0.25, 0.3) is 21.3 Å². The maximum absolute atomic E-state index is 8.78. The van der Waals surface area contributed by atoms with E-state index in [1.807, 2.05) is 18.2 Å². The average molecular weight is 297 g/mol. The van der Waals surface area contributed by atoms with Crippen molar-refractivity contribution in [3.63, 3.8) is 0 Å². The molecule has 0 aliphatic rings. The van der Waals surface area contributed by atoms with Gasteiger partial charge in [-0.3, -0.25) is 0 Å². The molecule has 0 aliphatic carbocycles. The van der Waals surface area contributed by atoms with E-state index in [9.17, 15) is 0 Å². The van der Waals surface area contributed by atoms with Gasteiger partial charge < -0.3 is 0 Å². The van der Waals surface area contributed by atoms with Crippen molar-refractivity contribution in [1.82, 2.24) is 9.97 Å². The molecule has 20 heavy (non-hydrogen) atoms. The molecular weight excluding hydrogens is 286 g/mol. The summed E-state index contributed by atoms with van der Waals surface area (Å²) in [7, 11) is 0. The predicted octanol–water partition coefficient (Wildman–Crippen LogP) is 4.28. The topological polar surface area (TPSA) is 49.6 Å². The van der Waals surface area contributed by atoms with Crippen molar-refractivity contribution >= 4 is 33.3 Å². The molecule has 98 valence electrons. The van der Waals surface area contributed by atoms with Crippen molar-refractivity contribution in [2.24, 2.45) is 0 Å². The summed E-state index contributed by atoms with van der Waals surface area (Å²) in [5, 5.41) is 10.7. The number of thioether (sulfide) groups is 1. The molecule has 0 N–H and O–H groups in total. The summed E-state index contributed by atoms with van der Waals surface area (Å²) < 4.78 is 0. The molecule has 0 amide bonds. The number of aromatic nitrogens is 2. The Bertz CT molecular complexity index is 788. The molecule has 0 bridgehead atoms. The summed E-state index contributed by atoms with van der Waals surface area (Å²) in [4.78, 5) is 10.9. The molecule has 3 nitrogen and oxygen atoms in total. The van der Waals surface area contributed by atoms with Crippen LogP contribution in [-0.2, 0) is 0 Å². The van der Waals surface area contributed by atoms with Gasteiger partial charge in [-0.1, -0.05) is 42.1 Å². The van der Waals surface area contributed by atoms with Crippen LogP contribution in [0.15, 0.2) is 41.7 Å². The second-order valence-electron chi connectivity index (χ2n) is 4.21. The number of rotatable bonds is 3. The lowest BCUT2D eigenvalue weighted by Crippen LogP contribution is -1.87. The van der Waals surface area contributed by atoms with Crippen LogP contribution in [-0.4, -0.2) is 15.7 Å². The van der Waals surface area contributed by atoms with Crippen LogP contribution in [0.1, 0.15) is 4.88 Å². The van der Waals surface area contributed by atoms with Crippen LogP contribution in [0.5, 0.6) is 0 Å². The van der Waals surface area contributed by atoms with E-state index in [1.165, 1.54) is 27.8 Å². The third-order valence-electron chi connectivity index (χ3n) is 2.97. The van der Waals surface area contributed by atoms with Crippen molar-refractivity contribution in [3.05, 3.63) is 41.5 Å². The van der Waals surface area contributed by atoms with E-state index in [0.717, 1.165) is 15.2 Å². The Kier molecular flexibility index (Phi) is 3.68. The number of fused-ring (bicyclic) bond motifs is 1. The quantitative estimate of drug-likeness (QED) is 0.535. The Balaban J connectivity index is 2.26. The molecule has 2 heterocycles. The Labute approximate surface area is 125 Å². The van der Waals surface area contributed by atoms with Gasteiger partial charge in [-0.15, -0.1) is 11.3 Å². The van der Waals surface area contributed by atoms with Gasteiger partial charge in [0.25, 0.3) is 0 Å². The summed E-state index contributed by atoms with van der Waals surface area (Å²) in [6, 6.07) is 12.4. The number of benzene rings is 1. The molecule has 0 radical (unpaired) electrons. The minimum absolute atomic E-state index is 0.398. The molecule has 0 saturated carbocycles. The van der Waals surface area contributed by atoms with Crippen LogP contribution in [0, 0.1) is 18.3 Å². The van der Waals surface area contributed by atoms with Gasteiger partial charge in [0.2, 0.25) is 0 Å². The summed E-state index contributed by atoms with van der Waals surface area (Å²) in [6.07, 6.45) is 1.58. The fraction of sp³-hybridized carbons (Fsp3) is 0.133. The van der Waals surface area contributed by atoms with Crippen molar-refractivity contribution in [3.8, 4) is 17.2 Å². The lowest BCUT2D eigenvalue weighted by molar-refractivity contribution is 1.11. The highest BCUT2D eigenvalue weighted by Gasteiger charge is 2.16. The number of nitrogens with zero attached hydrogens (tertiary/aromatic N) is 3. The largest absolute Gasteiger partial charge is 0.229 e. The molecule has 2 aromatic heterocycles. The van der Waals surface area contributed by atoms with Crippen LogP contribution in [0.4, 0.5) is 0 Å². The molecule has 1 aromatic carbocycles. The van der Waals surface area contributed by atoms with Gasteiger partial charge in [-0.2, -0.15) is 5.26 Å². The molecule has 5 heteroatoms. The predicted molar refractivity (Wildman–Crippen MR) is 83.9 cm³/mol. The van der Waals surface area contributed by atoms with Gasteiger partial charge >= 0.3 is 0 Å². The lowest BCUT2D eigenvalue weighted by atomic mass is 10.0. The minimum Gasteiger partial charge on any atom is -0.229 e. The van der Waals surface area contributed by atoms with Crippen LogP contribution in [0.2, 0.25) is 0 Å². The number of hydrogen-bond acceptors (Lipinski definition) is 5. The summed E-state index contributed by atoms with van der Waals surface area (Å²) in [5.41, 5.74) is 2.36. The number of nitriles is 1. The summed E-state index contributed by atoms with van der Waals surface area (Å²) >= 11 is 3.14. The third kappa shape index (κ3) is 2.28.